The van der Waals surface area contributed by atoms with Crippen LogP contribution in [0.2, 0.25) is 5.02 Å². The third-order valence-corrected chi connectivity index (χ3v) is 3.68. The molecule has 0 spiro atoms. The molecule has 2 nitrogen and oxygen atoms in total. The highest BCUT2D eigenvalue weighted by molar-refractivity contribution is 6.30. The van der Waals surface area contributed by atoms with Crippen LogP contribution in [0.3, 0.4) is 0 Å². The maximum absolute atomic E-state index is 5.98. The summed E-state index contributed by atoms with van der Waals surface area (Å²) in [6.45, 7) is 3.39. The first kappa shape index (κ1) is 9.64. The van der Waals surface area contributed by atoms with E-state index in [1.807, 2.05) is 12.1 Å². The van der Waals surface area contributed by atoms with Crippen LogP contribution in [0.25, 0.3) is 0 Å². The van der Waals surface area contributed by atoms with E-state index in [1.54, 1.807) is 0 Å². The number of piperazine rings is 1. The average molecular weight is 223 g/mol. The first-order chi connectivity index (χ1) is 7.31. The fourth-order valence-corrected chi connectivity index (χ4v) is 2.92. The average Bonchev–Trinajstić information content (AvgIpc) is 2.79. The lowest BCUT2D eigenvalue weighted by Gasteiger charge is -2.27. The summed E-state index contributed by atoms with van der Waals surface area (Å²) in [4.78, 5) is 2.56. The van der Waals surface area contributed by atoms with Crippen LogP contribution >= 0.6 is 11.6 Å². The van der Waals surface area contributed by atoms with Crippen LogP contribution in [0.5, 0.6) is 0 Å². The summed E-state index contributed by atoms with van der Waals surface area (Å²) >= 11 is 5.98. The molecule has 15 heavy (non-hydrogen) atoms. The molecule has 3 rings (SSSR count). The van der Waals surface area contributed by atoms with Crippen molar-refractivity contribution in [2.24, 2.45) is 0 Å². The molecule has 0 radical (unpaired) electrons. The number of likely N-dealkylation sites (tertiary alicyclic amines) is 1. The van der Waals surface area contributed by atoms with Crippen LogP contribution in [0, 0.1) is 0 Å². The van der Waals surface area contributed by atoms with Crippen molar-refractivity contribution < 1.29 is 0 Å². The monoisotopic (exact) mass is 222 g/mol. The molecular formula is C12H15ClN2. The summed E-state index contributed by atoms with van der Waals surface area (Å²) in [5, 5.41) is 4.36. The van der Waals surface area contributed by atoms with Gasteiger partial charge >= 0.3 is 0 Å². The Morgan fingerprint density at radius 3 is 3.07 bits per heavy atom. The number of benzene rings is 1. The van der Waals surface area contributed by atoms with E-state index in [2.05, 4.69) is 22.3 Å². The van der Waals surface area contributed by atoms with Gasteiger partial charge in [-0.15, -0.1) is 0 Å². The Hall–Kier alpha value is -0.570. The third-order valence-electron chi connectivity index (χ3n) is 3.44. The van der Waals surface area contributed by atoms with Crippen molar-refractivity contribution in [1.29, 1.82) is 0 Å². The Morgan fingerprint density at radius 2 is 2.40 bits per heavy atom. The summed E-state index contributed by atoms with van der Waals surface area (Å²) in [5.74, 6) is 0. The van der Waals surface area contributed by atoms with Gasteiger partial charge in [-0.2, -0.15) is 0 Å². The minimum atomic E-state index is 0.731. The summed E-state index contributed by atoms with van der Waals surface area (Å²) in [7, 11) is 0. The molecule has 0 amide bonds. The van der Waals surface area contributed by atoms with Crippen molar-refractivity contribution in [1.82, 2.24) is 10.2 Å². The van der Waals surface area contributed by atoms with Gasteiger partial charge in [0.15, 0.2) is 0 Å². The number of hydrogen-bond acceptors (Lipinski definition) is 2. The normalized spacial score (nSPS) is 29.9. The highest BCUT2D eigenvalue weighted by Gasteiger charge is 2.37. The maximum atomic E-state index is 5.98. The standard InChI is InChI=1S/C12H15ClN2/c13-10-3-1-2-9(4-10)7-15-8-11-5-12(15)6-14-11/h1-4,11-12,14H,5-8H2/t11-,12+/m0/s1. The fraction of sp³-hybridized carbons (Fsp3) is 0.500. The Kier molecular flexibility index (Phi) is 2.43. The van der Waals surface area contributed by atoms with Crippen molar-refractivity contribution in [3.63, 3.8) is 0 Å². The molecule has 2 heterocycles. The van der Waals surface area contributed by atoms with E-state index in [0.717, 1.165) is 30.2 Å². The van der Waals surface area contributed by atoms with Gasteiger partial charge in [-0.05, 0) is 24.1 Å². The minimum absolute atomic E-state index is 0.731. The first-order valence-corrected chi connectivity index (χ1v) is 5.91. The molecule has 2 aliphatic heterocycles. The van der Waals surface area contributed by atoms with Crippen molar-refractivity contribution in [3.05, 3.63) is 34.9 Å². The largest absolute Gasteiger partial charge is 0.311 e. The molecule has 0 saturated carbocycles. The molecule has 2 saturated heterocycles. The second kappa shape index (κ2) is 3.78. The molecule has 80 valence electrons. The van der Waals surface area contributed by atoms with Gasteiger partial charge in [0, 0.05) is 36.7 Å². The lowest BCUT2D eigenvalue weighted by molar-refractivity contribution is 0.218. The van der Waals surface area contributed by atoms with Crippen molar-refractivity contribution in [2.45, 2.75) is 25.0 Å². The quantitative estimate of drug-likeness (QED) is 0.822. The summed E-state index contributed by atoms with van der Waals surface area (Å²) < 4.78 is 0. The number of fused-ring (bicyclic) bond motifs is 2. The van der Waals surface area contributed by atoms with Gasteiger partial charge in [0.2, 0.25) is 0 Å². The van der Waals surface area contributed by atoms with Crippen LogP contribution in [0.1, 0.15) is 12.0 Å². The predicted molar refractivity (Wildman–Crippen MR) is 62.1 cm³/mol. The van der Waals surface area contributed by atoms with Gasteiger partial charge in [-0.3, -0.25) is 4.90 Å². The van der Waals surface area contributed by atoms with E-state index in [-0.39, 0.29) is 0 Å². The Bertz CT molecular complexity index is 366. The molecule has 2 atom stereocenters. The SMILES string of the molecule is Clc1cccc(CN2C[C@@H]3C[C@@H]2CN3)c1. The second-order valence-electron chi connectivity index (χ2n) is 4.55. The summed E-state index contributed by atoms with van der Waals surface area (Å²) in [6.07, 6.45) is 1.32. The van der Waals surface area contributed by atoms with E-state index in [0.29, 0.717) is 0 Å². The smallest absolute Gasteiger partial charge is 0.0409 e. The molecule has 0 aromatic heterocycles. The van der Waals surface area contributed by atoms with Gasteiger partial charge in [0.1, 0.15) is 0 Å². The topological polar surface area (TPSA) is 15.3 Å². The molecule has 1 aromatic rings. The molecule has 3 heteroatoms. The Balaban J connectivity index is 1.71. The van der Waals surface area contributed by atoms with Gasteiger partial charge in [-0.25, -0.2) is 0 Å². The Morgan fingerprint density at radius 1 is 1.47 bits per heavy atom. The molecule has 2 aliphatic rings. The minimum Gasteiger partial charge on any atom is -0.311 e. The Labute approximate surface area is 95.2 Å². The molecule has 0 unspecified atom stereocenters. The number of nitrogens with one attached hydrogen (secondary N) is 1. The molecule has 2 fully saturated rings. The van der Waals surface area contributed by atoms with Crippen molar-refractivity contribution >= 4 is 11.6 Å². The summed E-state index contributed by atoms with van der Waals surface area (Å²) in [6, 6.07) is 9.67. The van der Waals surface area contributed by atoms with Crippen LogP contribution in [0.4, 0.5) is 0 Å². The number of rotatable bonds is 2. The number of halogens is 1. The zero-order valence-corrected chi connectivity index (χ0v) is 9.37. The van der Waals surface area contributed by atoms with Gasteiger partial charge in [-0.1, -0.05) is 23.7 Å². The van der Waals surface area contributed by atoms with Crippen LogP contribution in [-0.2, 0) is 6.54 Å². The molecule has 1 aromatic carbocycles. The zero-order valence-electron chi connectivity index (χ0n) is 8.62. The van der Waals surface area contributed by atoms with E-state index < -0.39 is 0 Å². The van der Waals surface area contributed by atoms with Crippen LogP contribution < -0.4 is 5.32 Å². The van der Waals surface area contributed by atoms with Gasteiger partial charge in [0.25, 0.3) is 0 Å². The summed E-state index contributed by atoms with van der Waals surface area (Å²) in [5.41, 5.74) is 1.33. The zero-order chi connectivity index (χ0) is 10.3. The van der Waals surface area contributed by atoms with Crippen molar-refractivity contribution in [2.75, 3.05) is 13.1 Å². The van der Waals surface area contributed by atoms with Gasteiger partial charge < -0.3 is 5.32 Å². The van der Waals surface area contributed by atoms with Crippen molar-refractivity contribution in [3.8, 4) is 0 Å². The molecule has 1 N–H and O–H groups in total. The third kappa shape index (κ3) is 1.89. The highest BCUT2D eigenvalue weighted by Crippen LogP contribution is 2.25. The first-order valence-electron chi connectivity index (χ1n) is 5.53. The fourth-order valence-electron chi connectivity index (χ4n) is 2.71. The number of nitrogens with zero attached hydrogens (tertiary/aromatic N) is 1. The van der Waals surface area contributed by atoms with E-state index >= 15 is 0 Å². The maximum Gasteiger partial charge on any atom is 0.0409 e. The molecule has 0 aliphatic carbocycles. The van der Waals surface area contributed by atoms with Crippen LogP contribution in [0.15, 0.2) is 24.3 Å². The van der Waals surface area contributed by atoms with E-state index in [9.17, 15) is 0 Å². The molecular weight excluding hydrogens is 208 g/mol. The lowest BCUT2D eigenvalue weighted by Crippen LogP contribution is -2.42. The lowest BCUT2D eigenvalue weighted by atomic mass is 10.2. The second-order valence-corrected chi connectivity index (χ2v) is 4.99. The predicted octanol–water partition coefficient (Wildman–Crippen LogP) is 1.89. The highest BCUT2D eigenvalue weighted by atomic mass is 35.5. The van der Waals surface area contributed by atoms with E-state index in [4.69, 9.17) is 11.6 Å². The van der Waals surface area contributed by atoms with Gasteiger partial charge in [0.05, 0.1) is 0 Å². The number of hydrogen-bond donors (Lipinski definition) is 1. The molecule has 2 bridgehead atoms. The van der Waals surface area contributed by atoms with E-state index in [1.165, 1.54) is 18.5 Å². The van der Waals surface area contributed by atoms with Crippen LogP contribution in [-0.4, -0.2) is 30.1 Å².